The van der Waals surface area contributed by atoms with Crippen LogP contribution in [-0.2, 0) is 18.8 Å². The zero-order chi connectivity index (χ0) is 14.4. The molecule has 2 bridgehead atoms. The standard InChI is InChI=1S/C15H25BO4/c1-14(2)15(3,4)20-16(19-14)13-5-6-17-7-8-18-12-9-11(13)10-12/h5,11-12H,6-10H2,1-4H3/b13-5+. The predicted octanol–water partition coefficient (Wildman–Crippen LogP) is 2.37. The Bertz CT molecular complexity index is 383. The van der Waals surface area contributed by atoms with Crippen LogP contribution < -0.4 is 0 Å². The van der Waals surface area contributed by atoms with E-state index in [-0.39, 0.29) is 18.3 Å². The molecule has 0 spiro atoms. The van der Waals surface area contributed by atoms with Gasteiger partial charge in [-0.1, -0.05) is 6.08 Å². The van der Waals surface area contributed by atoms with Crippen molar-refractivity contribution in [3.8, 4) is 0 Å². The molecule has 112 valence electrons. The van der Waals surface area contributed by atoms with E-state index < -0.39 is 0 Å². The van der Waals surface area contributed by atoms with Gasteiger partial charge in [-0.3, -0.25) is 0 Å². The van der Waals surface area contributed by atoms with Gasteiger partial charge in [-0.15, -0.1) is 0 Å². The Hall–Kier alpha value is -0.355. The third-order valence-corrected chi connectivity index (χ3v) is 5.11. The molecule has 2 fully saturated rings. The summed E-state index contributed by atoms with van der Waals surface area (Å²) in [5.41, 5.74) is 0.674. The van der Waals surface area contributed by atoms with Crippen molar-refractivity contribution in [3.05, 3.63) is 11.5 Å². The average molecular weight is 280 g/mol. The number of ether oxygens (including phenoxy) is 2. The lowest BCUT2D eigenvalue weighted by atomic mass is 9.62. The summed E-state index contributed by atoms with van der Waals surface area (Å²) < 4.78 is 23.7. The molecule has 0 unspecified atom stereocenters. The quantitative estimate of drug-likeness (QED) is 0.691. The molecule has 1 saturated heterocycles. The Morgan fingerprint density at radius 3 is 2.35 bits per heavy atom. The van der Waals surface area contributed by atoms with E-state index >= 15 is 0 Å². The molecule has 0 aromatic heterocycles. The molecular formula is C15H25BO4. The molecule has 3 heterocycles. The molecule has 1 aliphatic carbocycles. The number of rotatable bonds is 1. The third-order valence-electron chi connectivity index (χ3n) is 5.11. The highest BCUT2D eigenvalue weighted by Crippen LogP contribution is 2.44. The molecule has 0 aromatic carbocycles. The van der Waals surface area contributed by atoms with Gasteiger partial charge in [-0.05, 0) is 51.9 Å². The first kappa shape index (κ1) is 14.6. The second-order valence-electron chi connectivity index (χ2n) is 7.03. The lowest BCUT2D eigenvalue weighted by Gasteiger charge is -2.38. The molecule has 0 radical (unpaired) electrons. The summed E-state index contributed by atoms with van der Waals surface area (Å²) in [6.07, 6.45) is 4.70. The van der Waals surface area contributed by atoms with E-state index in [2.05, 4.69) is 33.8 Å². The fraction of sp³-hybridized carbons (Fsp3) is 0.867. The van der Waals surface area contributed by atoms with E-state index in [1.54, 1.807) is 0 Å². The van der Waals surface area contributed by atoms with E-state index in [1.165, 1.54) is 5.47 Å². The Kier molecular flexibility index (Phi) is 3.74. The van der Waals surface area contributed by atoms with Crippen LogP contribution in [0.2, 0.25) is 0 Å². The molecule has 4 aliphatic rings. The second-order valence-corrected chi connectivity index (χ2v) is 7.03. The van der Waals surface area contributed by atoms with Gasteiger partial charge in [0.2, 0.25) is 0 Å². The molecule has 20 heavy (non-hydrogen) atoms. The maximum atomic E-state index is 6.18. The molecular weight excluding hydrogens is 255 g/mol. The number of allylic oxidation sites excluding steroid dienone is 1. The number of hydrogen-bond donors (Lipinski definition) is 0. The van der Waals surface area contributed by atoms with E-state index in [0.29, 0.717) is 31.8 Å². The van der Waals surface area contributed by atoms with Crippen LogP contribution in [0.5, 0.6) is 0 Å². The number of fused-ring (bicyclic) bond motifs is 5. The molecule has 4 rings (SSSR count). The van der Waals surface area contributed by atoms with Crippen molar-refractivity contribution in [2.45, 2.75) is 57.8 Å². The molecule has 1 saturated carbocycles. The van der Waals surface area contributed by atoms with Crippen molar-refractivity contribution < 1.29 is 18.8 Å². The van der Waals surface area contributed by atoms with Gasteiger partial charge < -0.3 is 18.8 Å². The number of hydrogen-bond acceptors (Lipinski definition) is 4. The zero-order valence-corrected chi connectivity index (χ0v) is 13.0. The summed E-state index contributed by atoms with van der Waals surface area (Å²) in [5, 5.41) is 0. The summed E-state index contributed by atoms with van der Waals surface area (Å²) in [4.78, 5) is 0. The Morgan fingerprint density at radius 1 is 1.05 bits per heavy atom. The van der Waals surface area contributed by atoms with Crippen molar-refractivity contribution in [2.24, 2.45) is 5.92 Å². The zero-order valence-electron chi connectivity index (χ0n) is 13.0. The van der Waals surface area contributed by atoms with Crippen molar-refractivity contribution in [1.82, 2.24) is 0 Å². The van der Waals surface area contributed by atoms with Crippen LogP contribution in [0.4, 0.5) is 0 Å². The van der Waals surface area contributed by atoms with Crippen LogP contribution in [0.3, 0.4) is 0 Å². The summed E-state index contributed by atoms with van der Waals surface area (Å²) >= 11 is 0. The van der Waals surface area contributed by atoms with E-state index in [9.17, 15) is 0 Å². The van der Waals surface area contributed by atoms with Gasteiger partial charge in [0.25, 0.3) is 0 Å². The van der Waals surface area contributed by atoms with E-state index in [1.807, 2.05) is 0 Å². The van der Waals surface area contributed by atoms with Crippen LogP contribution >= 0.6 is 0 Å². The second kappa shape index (κ2) is 5.13. The maximum absolute atomic E-state index is 6.18. The Labute approximate surface area is 121 Å². The monoisotopic (exact) mass is 280 g/mol. The summed E-state index contributed by atoms with van der Waals surface area (Å²) in [7, 11) is -0.242. The third kappa shape index (κ3) is 2.57. The Morgan fingerprint density at radius 2 is 1.70 bits per heavy atom. The van der Waals surface area contributed by atoms with Crippen LogP contribution in [-0.4, -0.2) is 44.2 Å². The summed E-state index contributed by atoms with van der Waals surface area (Å²) in [5.74, 6) is 0.511. The molecule has 0 aromatic rings. The molecule has 0 atom stereocenters. The molecule has 0 N–H and O–H groups in total. The maximum Gasteiger partial charge on any atom is 0.490 e. The normalized spacial score (nSPS) is 38.8. The lowest BCUT2D eigenvalue weighted by molar-refractivity contribution is -0.0457. The van der Waals surface area contributed by atoms with Crippen LogP contribution in [0.15, 0.2) is 11.5 Å². The molecule has 0 amide bonds. The lowest BCUT2D eigenvalue weighted by Crippen LogP contribution is -2.41. The minimum Gasteiger partial charge on any atom is -0.400 e. The topological polar surface area (TPSA) is 36.9 Å². The van der Waals surface area contributed by atoms with Crippen molar-refractivity contribution in [2.75, 3.05) is 19.8 Å². The van der Waals surface area contributed by atoms with Gasteiger partial charge >= 0.3 is 7.12 Å². The van der Waals surface area contributed by atoms with Crippen molar-refractivity contribution >= 4 is 7.12 Å². The van der Waals surface area contributed by atoms with Gasteiger partial charge in [0.15, 0.2) is 0 Å². The van der Waals surface area contributed by atoms with Gasteiger partial charge in [0.05, 0.1) is 37.1 Å². The van der Waals surface area contributed by atoms with E-state index in [0.717, 1.165) is 12.8 Å². The molecule has 3 aliphatic heterocycles. The molecule has 5 heteroatoms. The fourth-order valence-electron chi connectivity index (χ4n) is 2.92. The predicted molar refractivity (Wildman–Crippen MR) is 77.4 cm³/mol. The first-order valence-electron chi connectivity index (χ1n) is 7.64. The van der Waals surface area contributed by atoms with Gasteiger partial charge in [-0.2, -0.15) is 0 Å². The summed E-state index contributed by atoms with van der Waals surface area (Å²) in [6, 6.07) is 0. The van der Waals surface area contributed by atoms with Gasteiger partial charge in [0, 0.05) is 0 Å². The largest absolute Gasteiger partial charge is 0.490 e. The van der Waals surface area contributed by atoms with Gasteiger partial charge in [-0.25, -0.2) is 0 Å². The first-order chi connectivity index (χ1) is 9.39. The highest BCUT2D eigenvalue weighted by atomic mass is 16.7. The smallest absolute Gasteiger partial charge is 0.400 e. The van der Waals surface area contributed by atoms with Crippen molar-refractivity contribution in [1.29, 1.82) is 0 Å². The first-order valence-corrected chi connectivity index (χ1v) is 7.64. The fourth-order valence-corrected chi connectivity index (χ4v) is 2.92. The molecule has 4 nitrogen and oxygen atoms in total. The van der Waals surface area contributed by atoms with Crippen LogP contribution in [0.25, 0.3) is 0 Å². The Balaban J connectivity index is 1.76. The highest BCUT2D eigenvalue weighted by Gasteiger charge is 2.54. The van der Waals surface area contributed by atoms with Gasteiger partial charge in [0.1, 0.15) is 0 Å². The van der Waals surface area contributed by atoms with E-state index in [4.69, 9.17) is 18.8 Å². The minimum atomic E-state index is -0.283. The SMILES string of the molecule is CC1(C)OB(/C2=C/COCCOC3CC2C3)OC1(C)C. The average Bonchev–Trinajstić information content (AvgIpc) is 2.53. The highest BCUT2D eigenvalue weighted by molar-refractivity contribution is 6.54. The van der Waals surface area contributed by atoms with Crippen molar-refractivity contribution in [3.63, 3.8) is 0 Å². The van der Waals surface area contributed by atoms with Crippen LogP contribution in [0.1, 0.15) is 40.5 Å². The minimum absolute atomic E-state index is 0.242. The van der Waals surface area contributed by atoms with Crippen LogP contribution in [0, 0.1) is 5.92 Å². The summed E-state index contributed by atoms with van der Waals surface area (Å²) in [6.45, 7) is 10.4.